The minimum absolute atomic E-state index is 0.0171. The van der Waals surface area contributed by atoms with Gasteiger partial charge < -0.3 is 10.2 Å². The van der Waals surface area contributed by atoms with Crippen LogP contribution in [0.5, 0.6) is 0 Å². The van der Waals surface area contributed by atoms with Crippen LogP contribution in [0.3, 0.4) is 0 Å². The Kier molecular flexibility index (Phi) is 8.89. The number of alkyl halides is 1. The van der Waals surface area contributed by atoms with Gasteiger partial charge in [0.1, 0.15) is 5.38 Å². The van der Waals surface area contributed by atoms with E-state index in [1.807, 2.05) is 27.0 Å². The lowest BCUT2D eigenvalue weighted by atomic mass is 9.89. The van der Waals surface area contributed by atoms with Gasteiger partial charge in [-0.2, -0.15) is 0 Å². The molecule has 0 saturated carbocycles. The molecule has 0 aromatic heterocycles. The topological polar surface area (TPSA) is 49.4 Å². The summed E-state index contributed by atoms with van der Waals surface area (Å²) in [5.41, 5.74) is 0.0974. The summed E-state index contributed by atoms with van der Waals surface area (Å²) in [6.45, 7) is 13.5. The predicted octanol–water partition coefficient (Wildman–Crippen LogP) is 3.60. The van der Waals surface area contributed by atoms with Crippen LogP contribution in [-0.2, 0) is 9.59 Å². The number of likely N-dealkylation sites (N-methyl/N-ethyl adjacent to an activating group) is 1. The predicted molar refractivity (Wildman–Crippen MR) is 97.6 cm³/mol. The summed E-state index contributed by atoms with van der Waals surface area (Å²) < 4.78 is 0. The van der Waals surface area contributed by atoms with Crippen LogP contribution in [0.15, 0.2) is 12.2 Å². The van der Waals surface area contributed by atoms with Crippen molar-refractivity contribution in [1.29, 1.82) is 0 Å². The first-order chi connectivity index (χ1) is 10.3. The number of nitrogens with one attached hydrogen (secondary N) is 1. The van der Waals surface area contributed by atoms with Crippen molar-refractivity contribution in [1.82, 2.24) is 10.2 Å². The third-order valence-corrected chi connectivity index (χ3v) is 3.80. The molecule has 23 heavy (non-hydrogen) atoms. The molecule has 2 amide bonds. The lowest BCUT2D eigenvalue weighted by Crippen LogP contribution is -2.37. The molecular weight excluding hydrogens is 312 g/mol. The average Bonchev–Trinajstić information content (AvgIpc) is 2.40. The number of carbonyl (C=O) groups is 2. The van der Waals surface area contributed by atoms with Crippen LogP contribution in [-0.4, -0.2) is 42.2 Å². The van der Waals surface area contributed by atoms with Gasteiger partial charge in [0, 0.05) is 20.1 Å². The number of carbonyl (C=O) groups excluding carboxylic acids is 2. The molecule has 0 fully saturated rings. The maximum atomic E-state index is 12.1. The number of allylic oxidation sites excluding steroid dienone is 1. The molecule has 0 rings (SSSR count). The standard InChI is InChI=1S/C18H33ClN2O2/c1-14(19)16(23)20-13-18(5,6)10-8-9-15(22)21(7)12-11-17(2,3)4/h8-9,14H,10-13H2,1-7H3,(H,20,23)/b9-8-/t14-/m0/s1. The molecule has 0 aromatic rings. The normalized spacial score (nSPS) is 13.9. The van der Waals surface area contributed by atoms with Gasteiger partial charge in [-0.25, -0.2) is 0 Å². The molecule has 0 aliphatic rings. The summed E-state index contributed by atoms with van der Waals surface area (Å²) in [6, 6.07) is 0. The van der Waals surface area contributed by atoms with Crippen LogP contribution in [0.4, 0.5) is 0 Å². The van der Waals surface area contributed by atoms with E-state index in [-0.39, 0.29) is 22.6 Å². The maximum Gasteiger partial charge on any atom is 0.245 e. The Hall–Kier alpha value is -1.03. The van der Waals surface area contributed by atoms with Gasteiger partial charge in [-0.3, -0.25) is 9.59 Å². The summed E-state index contributed by atoms with van der Waals surface area (Å²) in [5, 5.41) is 2.29. The van der Waals surface area contributed by atoms with E-state index in [4.69, 9.17) is 11.6 Å². The molecule has 134 valence electrons. The zero-order valence-corrected chi connectivity index (χ0v) is 16.5. The SMILES string of the molecule is C[C@H](Cl)C(=O)NCC(C)(C)C/C=C\C(=O)N(C)CCC(C)(C)C. The van der Waals surface area contributed by atoms with Crippen molar-refractivity contribution in [3.8, 4) is 0 Å². The third kappa shape index (κ3) is 11.2. The van der Waals surface area contributed by atoms with Gasteiger partial charge >= 0.3 is 0 Å². The first kappa shape index (κ1) is 22.0. The van der Waals surface area contributed by atoms with Crippen molar-refractivity contribution in [2.45, 2.75) is 59.8 Å². The monoisotopic (exact) mass is 344 g/mol. The number of nitrogens with zero attached hydrogens (tertiary/aromatic N) is 1. The largest absolute Gasteiger partial charge is 0.354 e. The van der Waals surface area contributed by atoms with E-state index in [0.717, 1.165) is 13.0 Å². The first-order valence-electron chi connectivity index (χ1n) is 8.17. The van der Waals surface area contributed by atoms with Gasteiger partial charge in [0.15, 0.2) is 0 Å². The van der Waals surface area contributed by atoms with Crippen LogP contribution in [0.1, 0.15) is 54.4 Å². The molecule has 5 heteroatoms. The van der Waals surface area contributed by atoms with Gasteiger partial charge in [-0.1, -0.05) is 40.7 Å². The maximum absolute atomic E-state index is 12.1. The van der Waals surface area contributed by atoms with E-state index in [9.17, 15) is 9.59 Å². The Morgan fingerprint density at radius 2 is 1.78 bits per heavy atom. The van der Waals surface area contributed by atoms with Gasteiger partial charge in [-0.15, -0.1) is 11.6 Å². The fourth-order valence-corrected chi connectivity index (χ4v) is 1.84. The quantitative estimate of drug-likeness (QED) is 0.540. The molecular formula is C18H33ClN2O2. The minimum atomic E-state index is -0.528. The molecule has 0 aliphatic heterocycles. The third-order valence-electron chi connectivity index (χ3n) is 3.61. The Morgan fingerprint density at radius 1 is 1.22 bits per heavy atom. The lowest BCUT2D eigenvalue weighted by Gasteiger charge is -2.24. The Balaban J connectivity index is 4.28. The van der Waals surface area contributed by atoms with Gasteiger partial charge in [0.25, 0.3) is 0 Å². The van der Waals surface area contributed by atoms with Crippen LogP contribution in [0.25, 0.3) is 0 Å². The van der Waals surface area contributed by atoms with Crippen LogP contribution in [0, 0.1) is 10.8 Å². The van der Waals surface area contributed by atoms with Crippen LogP contribution in [0.2, 0.25) is 0 Å². The smallest absolute Gasteiger partial charge is 0.245 e. The fraction of sp³-hybridized carbons (Fsp3) is 0.778. The molecule has 1 atom stereocenters. The molecule has 0 radical (unpaired) electrons. The van der Waals surface area contributed by atoms with E-state index >= 15 is 0 Å². The molecule has 0 saturated heterocycles. The Labute approximate surface area is 146 Å². The van der Waals surface area contributed by atoms with Crippen molar-refractivity contribution in [2.75, 3.05) is 20.1 Å². The number of hydrogen-bond acceptors (Lipinski definition) is 2. The molecule has 0 aromatic carbocycles. The van der Waals surface area contributed by atoms with Gasteiger partial charge in [0.05, 0.1) is 0 Å². The molecule has 0 unspecified atom stereocenters. The van der Waals surface area contributed by atoms with Crippen molar-refractivity contribution in [2.24, 2.45) is 10.8 Å². The van der Waals surface area contributed by atoms with Crippen molar-refractivity contribution in [3.05, 3.63) is 12.2 Å². The van der Waals surface area contributed by atoms with Crippen LogP contribution < -0.4 is 5.32 Å². The van der Waals surface area contributed by atoms with E-state index in [1.54, 1.807) is 17.9 Å². The zero-order valence-electron chi connectivity index (χ0n) is 15.7. The van der Waals surface area contributed by atoms with Crippen molar-refractivity contribution in [3.63, 3.8) is 0 Å². The highest BCUT2D eigenvalue weighted by molar-refractivity contribution is 6.30. The molecule has 1 N–H and O–H groups in total. The zero-order chi connectivity index (χ0) is 18.3. The van der Waals surface area contributed by atoms with Gasteiger partial charge in [0.2, 0.25) is 11.8 Å². The molecule has 0 aliphatic carbocycles. The Morgan fingerprint density at radius 3 is 2.26 bits per heavy atom. The molecule has 0 heterocycles. The second-order valence-electron chi connectivity index (χ2n) is 8.17. The summed E-state index contributed by atoms with van der Waals surface area (Å²) in [6.07, 6.45) is 5.18. The summed E-state index contributed by atoms with van der Waals surface area (Å²) >= 11 is 5.72. The molecule has 0 bridgehead atoms. The van der Waals surface area contributed by atoms with Crippen molar-refractivity contribution >= 4 is 23.4 Å². The van der Waals surface area contributed by atoms with E-state index in [0.29, 0.717) is 13.0 Å². The molecule has 4 nitrogen and oxygen atoms in total. The number of halogens is 1. The minimum Gasteiger partial charge on any atom is -0.354 e. The van der Waals surface area contributed by atoms with E-state index in [1.165, 1.54) is 0 Å². The summed E-state index contributed by atoms with van der Waals surface area (Å²) in [5.74, 6) is -0.148. The second-order valence-corrected chi connectivity index (χ2v) is 8.83. The van der Waals surface area contributed by atoms with Crippen molar-refractivity contribution < 1.29 is 9.59 Å². The number of rotatable bonds is 8. The second kappa shape index (κ2) is 9.31. The highest BCUT2D eigenvalue weighted by Gasteiger charge is 2.19. The number of amides is 2. The van der Waals surface area contributed by atoms with Crippen LogP contribution >= 0.6 is 11.6 Å². The van der Waals surface area contributed by atoms with E-state index < -0.39 is 5.38 Å². The van der Waals surface area contributed by atoms with Gasteiger partial charge in [-0.05, 0) is 36.7 Å². The summed E-state index contributed by atoms with van der Waals surface area (Å²) in [4.78, 5) is 25.3. The average molecular weight is 345 g/mol. The Bertz CT molecular complexity index is 423. The highest BCUT2D eigenvalue weighted by atomic mass is 35.5. The first-order valence-corrected chi connectivity index (χ1v) is 8.61. The lowest BCUT2D eigenvalue weighted by molar-refractivity contribution is -0.125. The highest BCUT2D eigenvalue weighted by Crippen LogP contribution is 2.20. The number of hydrogen-bond donors (Lipinski definition) is 1. The van der Waals surface area contributed by atoms with E-state index in [2.05, 4.69) is 26.1 Å². The fourth-order valence-electron chi connectivity index (χ4n) is 1.76. The summed E-state index contributed by atoms with van der Waals surface area (Å²) in [7, 11) is 1.83. The molecule has 0 spiro atoms.